The molecule has 0 saturated heterocycles. The Morgan fingerprint density at radius 2 is 1.28 bits per heavy atom. The monoisotopic (exact) mass is 345 g/mol. The van der Waals surface area contributed by atoms with Crippen molar-refractivity contribution < 1.29 is 0 Å². The molecule has 0 bridgehead atoms. The molecule has 0 aliphatic rings. The van der Waals surface area contributed by atoms with Crippen molar-refractivity contribution in [2.24, 2.45) is 0 Å². The summed E-state index contributed by atoms with van der Waals surface area (Å²) in [6, 6.07) is 4.89. The zero-order valence-corrected chi connectivity index (χ0v) is 17.3. The Bertz CT molecular complexity index is 415. The maximum atomic E-state index is 2.52. The lowest BCUT2D eigenvalue weighted by atomic mass is 9.99. The molecule has 0 N–H and O–H groups in total. The van der Waals surface area contributed by atoms with E-state index in [1.165, 1.54) is 89.9 Å². The van der Waals surface area contributed by atoms with Crippen LogP contribution < -0.4 is 0 Å². The fourth-order valence-electron chi connectivity index (χ4n) is 3.68. The molecule has 0 saturated carbocycles. The smallest absolute Gasteiger partial charge is 0.0537 e. The number of nitrogens with zero attached hydrogens (tertiary/aromatic N) is 1. The topological polar surface area (TPSA) is 4.93 Å². The Hall–Kier alpha value is -0.980. The molecule has 0 aliphatic heterocycles. The van der Waals surface area contributed by atoms with Crippen LogP contribution in [0.1, 0.15) is 117 Å². The highest BCUT2D eigenvalue weighted by molar-refractivity contribution is 5.09. The zero-order chi connectivity index (χ0) is 18.2. The van der Waals surface area contributed by atoms with E-state index in [1.54, 1.807) is 5.57 Å². The first-order valence-electron chi connectivity index (χ1n) is 11.1. The molecule has 1 aromatic rings. The molecule has 1 atom stereocenters. The van der Waals surface area contributed by atoms with Gasteiger partial charge in [-0.1, -0.05) is 96.1 Å². The van der Waals surface area contributed by atoms with Crippen LogP contribution >= 0.6 is 0 Å². The van der Waals surface area contributed by atoms with Crippen LogP contribution in [0.5, 0.6) is 0 Å². The molecule has 1 heterocycles. The van der Waals surface area contributed by atoms with Gasteiger partial charge in [-0.05, 0) is 38.3 Å². The van der Waals surface area contributed by atoms with E-state index in [0.717, 1.165) is 0 Å². The van der Waals surface area contributed by atoms with Crippen molar-refractivity contribution in [3.63, 3.8) is 0 Å². The second-order valence-electron chi connectivity index (χ2n) is 7.71. The Morgan fingerprint density at radius 1 is 0.760 bits per heavy atom. The summed E-state index contributed by atoms with van der Waals surface area (Å²) in [6.07, 6.45) is 26.2. The quantitative estimate of drug-likeness (QED) is 0.209. The molecule has 1 aromatic heterocycles. The molecule has 0 amide bonds. The molecular formula is C24H43N. The van der Waals surface area contributed by atoms with Gasteiger partial charge in [-0.15, -0.1) is 0 Å². The maximum Gasteiger partial charge on any atom is 0.0537 e. The van der Waals surface area contributed by atoms with Crippen LogP contribution in [0.3, 0.4) is 0 Å². The van der Waals surface area contributed by atoms with Crippen molar-refractivity contribution in [1.82, 2.24) is 4.57 Å². The summed E-state index contributed by atoms with van der Waals surface area (Å²) >= 11 is 0. The molecule has 1 rings (SSSR count). The summed E-state index contributed by atoms with van der Waals surface area (Å²) in [5.74, 6) is 0. The molecule has 1 unspecified atom stereocenters. The van der Waals surface area contributed by atoms with E-state index >= 15 is 0 Å². The predicted molar refractivity (Wildman–Crippen MR) is 113 cm³/mol. The molecular weight excluding hydrogens is 302 g/mol. The molecule has 0 radical (unpaired) electrons. The second kappa shape index (κ2) is 15.3. The predicted octanol–water partition coefficient (Wildman–Crippen LogP) is 8.48. The molecule has 1 heteroatoms. The van der Waals surface area contributed by atoms with Crippen LogP contribution in [0.25, 0.3) is 0 Å². The summed E-state index contributed by atoms with van der Waals surface area (Å²) in [6.45, 7) is 6.92. The second-order valence-corrected chi connectivity index (χ2v) is 7.71. The van der Waals surface area contributed by atoms with Crippen LogP contribution in [0.15, 0.2) is 36.2 Å². The molecule has 0 fully saturated rings. The Kier molecular flexibility index (Phi) is 13.5. The zero-order valence-electron chi connectivity index (χ0n) is 17.3. The first-order valence-corrected chi connectivity index (χ1v) is 11.1. The van der Waals surface area contributed by atoms with Gasteiger partial charge in [-0.25, -0.2) is 0 Å². The number of allylic oxidation sites excluding steroid dienone is 2. The lowest BCUT2D eigenvalue weighted by Gasteiger charge is -2.20. The van der Waals surface area contributed by atoms with E-state index in [2.05, 4.69) is 55.9 Å². The third-order valence-electron chi connectivity index (χ3n) is 5.37. The maximum absolute atomic E-state index is 2.52. The normalized spacial score (nSPS) is 13.3. The highest BCUT2D eigenvalue weighted by Gasteiger charge is 2.11. The molecule has 25 heavy (non-hydrogen) atoms. The van der Waals surface area contributed by atoms with Crippen molar-refractivity contribution in [1.29, 1.82) is 0 Å². The summed E-state index contributed by atoms with van der Waals surface area (Å²) in [4.78, 5) is 0. The van der Waals surface area contributed by atoms with Crippen molar-refractivity contribution >= 4 is 0 Å². The number of rotatable bonds is 16. The average molecular weight is 346 g/mol. The third kappa shape index (κ3) is 10.6. The van der Waals surface area contributed by atoms with Crippen LogP contribution in [-0.4, -0.2) is 4.57 Å². The van der Waals surface area contributed by atoms with Gasteiger partial charge in [-0.3, -0.25) is 0 Å². The highest BCUT2D eigenvalue weighted by Crippen LogP contribution is 2.25. The molecule has 1 nitrogen and oxygen atoms in total. The van der Waals surface area contributed by atoms with Crippen LogP contribution in [0.2, 0.25) is 0 Å². The average Bonchev–Trinajstić information content (AvgIpc) is 3.14. The van der Waals surface area contributed by atoms with E-state index in [-0.39, 0.29) is 0 Å². The van der Waals surface area contributed by atoms with E-state index in [9.17, 15) is 0 Å². The summed E-state index contributed by atoms with van der Waals surface area (Å²) in [5, 5.41) is 0. The lowest BCUT2D eigenvalue weighted by Crippen LogP contribution is -2.08. The van der Waals surface area contributed by atoms with E-state index in [4.69, 9.17) is 0 Å². The van der Waals surface area contributed by atoms with Gasteiger partial charge in [0.2, 0.25) is 0 Å². The number of hydrogen-bond acceptors (Lipinski definition) is 0. The van der Waals surface area contributed by atoms with Gasteiger partial charge in [0.05, 0.1) is 6.04 Å². The Morgan fingerprint density at radius 3 is 1.88 bits per heavy atom. The van der Waals surface area contributed by atoms with E-state index in [0.29, 0.717) is 6.04 Å². The first kappa shape index (κ1) is 22.1. The fourth-order valence-corrected chi connectivity index (χ4v) is 3.68. The minimum Gasteiger partial charge on any atom is -0.347 e. The van der Waals surface area contributed by atoms with Gasteiger partial charge >= 0.3 is 0 Å². The van der Waals surface area contributed by atoms with E-state index in [1.807, 2.05) is 0 Å². The van der Waals surface area contributed by atoms with Gasteiger partial charge in [-0.2, -0.15) is 0 Å². The van der Waals surface area contributed by atoms with Gasteiger partial charge in [0, 0.05) is 12.4 Å². The Labute approximate surface area is 157 Å². The summed E-state index contributed by atoms with van der Waals surface area (Å²) in [5.41, 5.74) is 1.57. The SMILES string of the molecule is CCCCCCCCCCC=C(C)C(CCCCCC)n1cccc1. The fraction of sp³-hybridized carbons (Fsp3) is 0.750. The highest BCUT2D eigenvalue weighted by atomic mass is 15.0. The number of hydrogen-bond donors (Lipinski definition) is 0. The van der Waals surface area contributed by atoms with Crippen molar-refractivity contribution in [2.45, 2.75) is 117 Å². The van der Waals surface area contributed by atoms with Crippen LogP contribution in [0, 0.1) is 0 Å². The standard InChI is InChI=1S/C24H43N/c1-4-6-8-10-11-12-13-14-15-19-23(3)24(20-16-9-7-5-2)25-21-17-18-22-25/h17-19,21-22,24H,4-16,20H2,1-3H3. The molecule has 0 aromatic carbocycles. The van der Waals surface area contributed by atoms with E-state index < -0.39 is 0 Å². The number of unbranched alkanes of at least 4 members (excludes halogenated alkanes) is 11. The Balaban J connectivity index is 2.28. The van der Waals surface area contributed by atoms with Gasteiger partial charge < -0.3 is 4.57 Å². The van der Waals surface area contributed by atoms with Gasteiger partial charge in [0.25, 0.3) is 0 Å². The van der Waals surface area contributed by atoms with Gasteiger partial charge in [0.15, 0.2) is 0 Å². The van der Waals surface area contributed by atoms with Gasteiger partial charge in [0.1, 0.15) is 0 Å². The number of aromatic nitrogens is 1. The van der Waals surface area contributed by atoms with Crippen molar-refractivity contribution in [3.8, 4) is 0 Å². The largest absolute Gasteiger partial charge is 0.347 e. The summed E-state index contributed by atoms with van der Waals surface area (Å²) < 4.78 is 2.41. The third-order valence-corrected chi connectivity index (χ3v) is 5.37. The van der Waals surface area contributed by atoms with Crippen molar-refractivity contribution in [2.75, 3.05) is 0 Å². The molecule has 0 spiro atoms. The van der Waals surface area contributed by atoms with Crippen LogP contribution in [0.4, 0.5) is 0 Å². The molecule has 144 valence electrons. The van der Waals surface area contributed by atoms with Crippen molar-refractivity contribution in [3.05, 3.63) is 36.2 Å². The summed E-state index contributed by atoms with van der Waals surface area (Å²) in [7, 11) is 0. The lowest BCUT2D eigenvalue weighted by molar-refractivity contribution is 0.491. The minimum atomic E-state index is 0.570. The van der Waals surface area contributed by atoms with Crippen LogP contribution in [-0.2, 0) is 0 Å². The minimum absolute atomic E-state index is 0.570. The molecule has 0 aliphatic carbocycles. The first-order chi connectivity index (χ1) is 12.3.